The molecule has 6 heteroatoms. The van der Waals surface area contributed by atoms with E-state index in [4.69, 9.17) is 16.3 Å². The van der Waals surface area contributed by atoms with Crippen molar-refractivity contribution in [2.75, 3.05) is 11.9 Å². The molecular weight excluding hydrogens is 374 g/mol. The Morgan fingerprint density at radius 2 is 2.10 bits per heavy atom. The van der Waals surface area contributed by atoms with Gasteiger partial charge in [0.1, 0.15) is 0 Å². The average Bonchev–Trinajstić information content (AvgIpc) is 2.78. The second-order valence-electron chi connectivity index (χ2n) is 4.39. The van der Waals surface area contributed by atoms with Gasteiger partial charge in [0.2, 0.25) is 0 Å². The van der Waals surface area contributed by atoms with E-state index in [-0.39, 0.29) is 5.97 Å². The normalized spacial score (nSPS) is 12.0. The zero-order valence-electron chi connectivity index (χ0n) is 11.7. The minimum Gasteiger partial charge on any atom is -0.464 e. The van der Waals surface area contributed by atoms with Crippen molar-refractivity contribution in [2.24, 2.45) is 0 Å². The molecule has 0 spiro atoms. The van der Waals surface area contributed by atoms with Crippen molar-refractivity contribution >= 4 is 50.5 Å². The molecule has 21 heavy (non-hydrogen) atoms. The number of nitrogens with one attached hydrogen (secondary N) is 1. The minimum absolute atomic E-state index is 0.291. The highest BCUT2D eigenvalue weighted by Crippen LogP contribution is 2.33. The summed E-state index contributed by atoms with van der Waals surface area (Å²) in [6, 6.07) is 8.66. The predicted octanol–water partition coefficient (Wildman–Crippen LogP) is 5.19. The Labute approximate surface area is 141 Å². The lowest BCUT2D eigenvalue weighted by Crippen LogP contribution is -2.22. The van der Waals surface area contributed by atoms with Crippen LogP contribution in [0.25, 0.3) is 0 Å². The van der Waals surface area contributed by atoms with Gasteiger partial charge >= 0.3 is 5.97 Å². The zero-order valence-corrected chi connectivity index (χ0v) is 14.8. The highest BCUT2D eigenvalue weighted by atomic mass is 79.9. The Morgan fingerprint density at radius 1 is 1.43 bits per heavy atom. The highest BCUT2D eigenvalue weighted by Gasteiger charge is 2.24. The molecule has 0 saturated heterocycles. The molecule has 2 rings (SSSR count). The van der Waals surface area contributed by atoms with Gasteiger partial charge in [-0.1, -0.05) is 11.6 Å². The number of carbonyl (C=O) groups is 1. The molecule has 1 aromatic heterocycles. The van der Waals surface area contributed by atoms with Crippen molar-refractivity contribution in [1.82, 2.24) is 0 Å². The summed E-state index contributed by atoms with van der Waals surface area (Å²) in [6.45, 7) is 4.15. The van der Waals surface area contributed by atoms with Crippen molar-refractivity contribution in [1.29, 1.82) is 0 Å². The zero-order chi connectivity index (χ0) is 15.4. The van der Waals surface area contributed by atoms with Crippen molar-refractivity contribution in [3.63, 3.8) is 0 Å². The second-order valence-corrected chi connectivity index (χ2v) is 6.97. The SMILES string of the molecule is CCOC(=O)C(Nc1ccc(Cl)cc1)c1cc(Br)c(C)s1. The lowest BCUT2D eigenvalue weighted by atomic mass is 10.2. The molecular formula is C15H15BrClNO2S. The summed E-state index contributed by atoms with van der Waals surface area (Å²) in [7, 11) is 0. The third-order valence-electron chi connectivity index (χ3n) is 2.84. The summed E-state index contributed by atoms with van der Waals surface area (Å²) in [4.78, 5) is 14.2. The van der Waals surface area contributed by atoms with Gasteiger partial charge in [0.05, 0.1) is 6.61 Å². The average molecular weight is 389 g/mol. The largest absolute Gasteiger partial charge is 0.464 e. The lowest BCUT2D eigenvalue weighted by molar-refractivity contribution is -0.144. The van der Waals surface area contributed by atoms with Crippen LogP contribution < -0.4 is 5.32 Å². The van der Waals surface area contributed by atoms with E-state index in [2.05, 4.69) is 21.2 Å². The van der Waals surface area contributed by atoms with E-state index in [0.717, 1.165) is 19.9 Å². The van der Waals surface area contributed by atoms with Gasteiger partial charge < -0.3 is 10.1 Å². The minimum atomic E-state index is -0.527. The molecule has 0 fully saturated rings. The van der Waals surface area contributed by atoms with Gasteiger partial charge in [0, 0.05) is 24.9 Å². The molecule has 2 aromatic rings. The van der Waals surface area contributed by atoms with E-state index in [0.29, 0.717) is 11.6 Å². The Bertz CT molecular complexity index is 608. The summed E-state index contributed by atoms with van der Waals surface area (Å²) < 4.78 is 6.16. The number of ether oxygens (including phenoxy) is 1. The number of hydrogen-bond acceptors (Lipinski definition) is 4. The lowest BCUT2D eigenvalue weighted by Gasteiger charge is -2.17. The van der Waals surface area contributed by atoms with Crippen LogP contribution in [0.4, 0.5) is 5.69 Å². The Balaban J connectivity index is 2.27. The van der Waals surface area contributed by atoms with Gasteiger partial charge in [0.25, 0.3) is 0 Å². The fourth-order valence-corrected chi connectivity index (χ4v) is 3.54. The van der Waals surface area contributed by atoms with Gasteiger partial charge in [0.15, 0.2) is 6.04 Å². The van der Waals surface area contributed by atoms with E-state index < -0.39 is 6.04 Å². The first-order valence-corrected chi connectivity index (χ1v) is 8.44. The molecule has 1 N–H and O–H groups in total. The number of anilines is 1. The van der Waals surface area contributed by atoms with Crippen LogP contribution in [-0.4, -0.2) is 12.6 Å². The van der Waals surface area contributed by atoms with Crippen molar-refractivity contribution in [3.05, 3.63) is 49.6 Å². The molecule has 3 nitrogen and oxygen atoms in total. The van der Waals surface area contributed by atoms with Gasteiger partial charge in [-0.05, 0) is 60.1 Å². The first-order chi connectivity index (χ1) is 10.0. The summed E-state index contributed by atoms with van der Waals surface area (Å²) in [5.41, 5.74) is 0.819. The number of hydrogen-bond donors (Lipinski definition) is 1. The van der Waals surface area contributed by atoms with Crippen LogP contribution in [0.2, 0.25) is 5.02 Å². The Morgan fingerprint density at radius 3 is 2.62 bits per heavy atom. The number of aryl methyl sites for hydroxylation is 1. The van der Waals surface area contributed by atoms with Gasteiger partial charge in [-0.2, -0.15) is 0 Å². The molecule has 0 aliphatic rings. The molecule has 0 saturated carbocycles. The maximum Gasteiger partial charge on any atom is 0.334 e. The Kier molecular flexibility index (Phi) is 5.67. The van der Waals surface area contributed by atoms with E-state index in [1.165, 1.54) is 0 Å². The maximum atomic E-state index is 12.2. The predicted molar refractivity (Wildman–Crippen MR) is 91.2 cm³/mol. The van der Waals surface area contributed by atoms with Crippen molar-refractivity contribution in [2.45, 2.75) is 19.9 Å². The first kappa shape index (κ1) is 16.3. The van der Waals surface area contributed by atoms with Crippen LogP contribution in [0.15, 0.2) is 34.8 Å². The molecule has 112 valence electrons. The summed E-state index contributed by atoms with van der Waals surface area (Å²) in [6.07, 6.45) is 0. The summed E-state index contributed by atoms with van der Waals surface area (Å²) >= 11 is 10.9. The fourth-order valence-electron chi connectivity index (χ4n) is 1.81. The standard InChI is InChI=1S/C15H15BrClNO2S/c1-3-20-15(19)14(13-8-12(16)9(2)21-13)18-11-6-4-10(17)5-7-11/h4-8,14,18H,3H2,1-2H3. The molecule has 1 atom stereocenters. The molecule has 0 radical (unpaired) electrons. The second kappa shape index (κ2) is 7.29. The number of halogens is 2. The van der Waals surface area contributed by atoms with E-state index >= 15 is 0 Å². The molecule has 1 aromatic carbocycles. The molecule has 1 unspecified atom stereocenters. The quantitative estimate of drug-likeness (QED) is 0.716. The molecule has 0 bridgehead atoms. The van der Waals surface area contributed by atoms with Gasteiger partial charge in [-0.25, -0.2) is 4.79 Å². The number of esters is 1. The van der Waals surface area contributed by atoms with E-state index in [1.807, 2.05) is 25.1 Å². The van der Waals surface area contributed by atoms with Crippen LogP contribution in [0, 0.1) is 6.92 Å². The van der Waals surface area contributed by atoms with Gasteiger partial charge in [-0.15, -0.1) is 11.3 Å². The smallest absolute Gasteiger partial charge is 0.334 e. The highest BCUT2D eigenvalue weighted by molar-refractivity contribution is 9.10. The monoisotopic (exact) mass is 387 g/mol. The molecule has 1 heterocycles. The van der Waals surface area contributed by atoms with Crippen LogP contribution >= 0.6 is 38.9 Å². The van der Waals surface area contributed by atoms with E-state index in [9.17, 15) is 4.79 Å². The summed E-state index contributed by atoms with van der Waals surface area (Å²) in [5.74, 6) is -0.291. The number of benzene rings is 1. The molecule has 0 aliphatic heterocycles. The van der Waals surface area contributed by atoms with Crippen LogP contribution in [0.3, 0.4) is 0 Å². The molecule has 0 aliphatic carbocycles. The number of carbonyl (C=O) groups excluding carboxylic acids is 1. The number of rotatable bonds is 5. The molecule has 0 amide bonds. The fraction of sp³-hybridized carbons (Fsp3) is 0.267. The van der Waals surface area contributed by atoms with Crippen LogP contribution in [0.5, 0.6) is 0 Å². The van der Waals surface area contributed by atoms with Crippen molar-refractivity contribution < 1.29 is 9.53 Å². The third kappa shape index (κ3) is 4.22. The van der Waals surface area contributed by atoms with Gasteiger partial charge in [-0.3, -0.25) is 0 Å². The topological polar surface area (TPSA) is 38.3 Å². The van der Waals surface area contributed by atoms with E-state index in [1.54, 1.807) is 30.4 Å². The van der Waals surface area contributed by atoms with Crippen LogP contribution in [0.1, 0.15) is 22.7 Å². The maximum absolute atomic E-state index is 12.2. The third-order valence-corrected chi connectivity index (χ3v) is 5.29. The number of thiophene rings is 1. The summed E-state index contributed by atoms with van der Waals surface area (Å²) in [5, 5.41) is 3.86. The van der Waals surface area contributed by atoms with Crippen LogP contribution in [-0.2, 0) is 9.53 Å². The Hall–Kier alpha value is -1.04. The van der Waals surface area contributed by atoms with Crippen molar-refractivity contribution in [3.8, 4) is 0 Å². The first-order valence-electron chi connectivity index (χ1n) is 6.45.